The third kappa shape index (κ3) is 6.28. The topological polar surface area (TPSA) is 79.9 Å². The average molecular weight is 401 g/mol. The van der Waals surface area contributed by atoms with Crippen LogP contribution < -0.4 is 10.4 Å². The fourth-order valence-electron chi connectivity index (χ4n) is 2.44. The Kier molecular flexibility index (Phi) is 8.44. The molecule has 9 heteroatoms. The number of carbonyl (C=O) groups is 1. The van der Waals surface area contributed by atoms with Crippen molar-refractivity contribution in [3.8, 4) is 0 Å². The summed E-state index contributed by atoms with van der Waals surface area (Å²) in [5.41, 5.74) is 1.82. The summed E-state index contributed by atoms with van der Waals surface area (Å²) >= 11 is 1.90. The number of rotatable bonds is 9. The zero-order valence-corrected chi connectivity index (χ0v) is 17.3. The molecule has 0 spiro atoms. The average Bonchev–Trinajstić information content (AvgIpc) is 3.05. The van der Waals surface area contributed by atoms with E-state index < -0.39 is 13.8 Å². The Labute approximate surface area is 159 Å². The number of nitrogens with zero attached hydrogens (tertiary/aromatic N) is 1. The highest BCUT2D eigenvalue weighted by molar-refractivity contribution is 7.99. The van der Waals surface area contributed by atoms with Crippen LogP contribution in [0.25, 0.3) is 0 Å². The Morgan fingerprint density at radius 1 is 1.23 bits per heavy atom. The van der Waals surface area contributed by atoms with Crippen LogP contribution in [-0.2, 0) is 13.6 Å². The second kappa shape index (κ2) is 10.3. The van der Waals surface area contributed by atoms with E-state index in [1.165, 1.54) is 5.56 Å². The number of benzene rings is 1. The van der Waals surface area contributed by atoms with Gasteiger partial charge in [-0.2, -0.15) is 0 Å². The minimum Gasteiger partial charge on any atom is -0.308 e. The highest BCUT2D eigenvalue weighted by Gasteiger charge is 2.27. The first kappa shape index (κ1) is 21.3. The van der Waals surface area contributed by atoms with Crippen LogP contribution in [0.4, 0.5) is 10.5 Å². The number of thioether (sulfide) groups is 1. The van der Waals surface area contributed by atoms with Crippen molar-refractivity contribution in [2.24, 2.45) is 0 Å². The zero-order chi connectivity index (χ0) is 19.0. The normalized spacial score (nSPS) is 18.0. The number of nitrogens with one attached hydrogen (secondary N) is 2. The summed E-state index contributed by atoms with van der Waals surface area (Å²) in [6, 6.07) is 7.06. The van der Waals surface area contributed by atoms with Crippen molar-refractivity contribution >= 4 is 31.2 Å². The number of carbonyl (C=O) groups excluding carboxylic acids is 1. The summed E-state index contributed by atoms with van der Waals surface area (Å²) in [5.74, 6) is 1.12. The Morgan fingerprint density at radius 2 is 1.85 bits per heavy atom. The first-order valence-electron chi connectivity index (χ1n) is 8.87. The van der Waals surface area contributed by atoms with Gasteiger partial charge in [-0.15, -0.1) is 11.8 Å². The lowest BCUT2D eigenvalue weighted by atomic mass is 10.2. The van der Waals surface area contributed by atoms with E-state index in [4.69, 9.17) is 9.05 Å². The Bertz CT molecular complexity index is 617. The van der Waals surface area contributed by atoms with Crippen molar-refractivity contribution < 1.29 is 18.4 Å². The largest absolute Gasteiger partial charge is 0.436 e. The van der Waals surface area contributed by atoms with Crippen molar-refractivity contribution in [1.29, 1.82) is 0 Å². The van der Waals surface area contributed by atoms with Crippen molar-refractivity contribution in [2.45, 2.75) is 32.1 Å². The fourth-order valence-corrected chi connectivity index (χ4v) is 5.12. The SMILES string of the molecule is CCCOP(=O)(NC(=O)Nc1ccc(C2SCCN2C)cc1)OCCC. The predicted molar refractivity (Wildman–Crippen MR) is 107 cm³/mol. The van der Waals surface area contributed by atoms with Crippen LogP contribution in [0.2, 0.25) is 0 Å². The van der Waals surface area contributed by atoms with Crippen molar-refractivity contribution in [2.75, 3.05) is 37.9 Å². The van der Waals surface area contributed by atoms with Gasteiger partial charge in [-0.05, 0) is 37.6 Å². The van der Waals surface area contributed by atoms with E-state index in [2.05, 4.69) is 22.4 Å². The summed E-state index contributed by atoms with van der Waals surface area (Å²) in [7, 11) is -1.55. The maximum absolute atomic E-state index is 12.6. The second-order valence-electron chi connectivity index (χ2n) is 6.06. The summed E-state index contributed by atoms with van der Waals surface area (Å²) < 4.78 is 23.1. The van der Waals surface area contributed by atoms with Crippen LogP contribution in [-0.4, -0.2) is 43.5 Å². The standard InChI is InChI=1S/C17H28N3O4PS/c1-4-11-23-25(22,24-12-5-2)19-17(21)18-15-8-6-14(7-9-15)16-20(3)10-13-26-16/h6-9,16H,4-5,10-13H2,1-3H3,(H2,18,19,21,22). The van der Waals surface area contributed by atoms with Crippen LogP contribution in [0, 0.1) is 0 Å². The number of anilines is 1. The fraction of sp³-hybridized carbons (Fsp3) is 0.588. The molecule has 1 aromatic rings. The summed E-state index contributed by atoms with van der Waals surface area (Å²) in [6.07, 6.45) is 1.36. The minimum absolute atomic E-state index is 0.253. The molecule has 26 heavy (non-hydrogen) atoms. The monoisotopic (exact) mass is 401 g/mol. The molecule has 1 atom stereocenters. The molecule has 2 amide bonds. The molecule has 0 aliphatic carbocycles. The molecule has 2 rings (SSSR count). The summed E-state index contributed by atoms with van der Waals surface area (Å²) in [5, 5.41) is 5.36. The number of amides is 2. The van der Waals surface area contributed by atoms with Crippen molar-refractivity contribution in [3.05, 3.63) is 29.8 Å². The van der Waals surface area contributed by atoms with Crippen LogP contribution >= 0.6 is 19.5 Å². The van der Waals surface area contributed by atoms with E-state index in [9.17, 15) is 9.36 Å². The number of hydrogen-bond acceptors (Lipinski definition) is 6. The van der Waals surface area contributed by atoms with Crippen LogP contribution in [0.15, 0.2) is 24.3 Å². The highest BCUT2D eigenvalue weighted by Crippen LogP contribution is 2.44. The van der Waals surface area contributed by atoms with Gasteiger partial charge in [-0.3, -0.25) is 13.9 Å². The molecule has 2 N–H and O–H groups in total. The van der Waals surface area contributed by atoms with Crippen LogP contribution in [0.1, 0.15) is 37.6 Å². The van der Waals surface area contributed by atoms with E-state index in [0.717, 1.165) is 12.3 Å². The lowest BCUT2D eigenvalue weighted by Gasteiger charge is -2.20. The predicted octanol–water partition coefficient (Wildman–Crippen LogP) is 4.45. The van der Waals surface area contributed by atoms with E-state index in [0.29, 0.717) is 23.9 Å². The van der Waals surface area contributed by atoms with Gasteiger partial charge in [0, 0.05) is 18.0 Å². The zero-order valence-electron chi connectivity index (χ0n) is 15.6. The van der Waals surface area contributed by atoms with Gasteiger partial charge in [-0.25, -0.2) is 14.4 Å². The third-order valence-corrected chi connectivity index (χ3v) is 6.63. The molecule has 1 saturated heterocycles. The first-order valence-corrected chi connectivity index (χ1v) is 11.5. The van der Waals surface area contributed by atoms with Gasteiger partial charge in [0.15, 0.2) is 0 Å². The minimum atomic E-state index is -3.65. The summed E-state index contributed by atoms with van der Waals surface area (Å²) in [6.45, 7) is 5.37. The van der Waals surface area contributed by atoms with Gasteiger partial charge in [-0.1, -0.05) is 26.0 Å². The Hall–Kier alpha value is -1.05. The van der Waals surface area contributed by atoms with Crippen molar-refractivity contribution in [3.63, 3.8) is 0 Å². The molecule has 1 aliphatic rings. The van der Waals surface area contributed by atoms with Crippen molar-refractivity contribution in [1.82, 2.24) is 9.99 Å². The molecule has 0 saturated carbocycles. The van der Waals surface area contributed by atoms with E-state index >= 15 is 0 Å². The van der Waals surface area contributed by atoms with Gasteiger partial charge in [0.05, 0.1) is 18.6 Å². The summed E-state index contributed by atoms with van der Waals surface area (Å²) in [4.78, 5) is 14.5. The Morgan fingerprint density at radius 3 is 2.35 bits per heavy atom. The van der Waals surface area contributed by atoms with Crippen LogP contribution in [0.3, 0.4) is 0 Å². The molecular formula is C17H28N3O4PS. The molecule has 1 aromatic carbocycles. The molecule has 0 radical (unpaired) electrons. The van der Waals surface area contributed by atoms with E-state index in [-0.39, 0.29) is 13.2 Å². The first-order chi connectivity index (χ1) is 12.5. The number of hydrogen-bond donors (Lipinski definition) is 2. The van der Waals surface area contributed by atoms with Gasteiger partial charge in [0.2, 0.25) is 0 Å². The lowest BCUT2D eigenvalue weighted by Crippen LogP contribution is -2.28. The van der Waals surface area contributed by atoms with E-state index in [1.807, 2.05) is 49.9 Å². The smallest absolute Gasteiger partial charge is 0.308 e. The van der Waals surface area contributed by atoms with Gasteiger partial charge in [0.1, 0.15) is 0 Å². The molecule has 1 heterocycles. The molecular weight excluding hydrogens is 373 g/mol. The van der Waals surface area contributed by atoms with Gasteiger partial charge >= 0.3 is 13.8 Å². The second-order valence-corrected chi connectivity index (χ2v) is 8.98. The molecule has 7 nitrogen and oxygen atoms in total. The maximum Gasteiger partial charge on any atom is 0.436 e. The van der Waals surface area contributed by atoms with Gasteiger partial charge < -0.3 is 5.32 Å². The quantitative estimate of drug-likeness (QED) is 0.595. The molecule has 146 valence electrons. The molecule has 1 aliphatic heterocycles. The van der Waals surface area contributed by atoms with Crippen LogP contribution in [0.5, 0.6) is 0 Å². The molecule has 0 bridgehead atoms. The number of urea groups is 1. The molecule has 0 aromatic heterocycles. The van der Waals surface area contributed by atoms with Gasteiger partial charge in [0.25, 0.3) is 0 Å². The Balaban J connectivity index is 1.93. The highest BCUT2D eigenvalue weighted by atomic mass is 32.2. The third-order valence-electron chi connectivity index (χ3n) is 3.74. The lowest BCUT2D eigenvalue weighted by molar-refractivity contribution is 0.195. The maximum atomic E-state index is 12.6. The molecule has 1 fully saturated rings. The molecule has 1 unspecified atom stereocenters. The van der Waals surface area contributed by atoms with E-state index in [1.54, 1.807) is 0 Å².